The summed E-state index contributed by atoms with van der Waals surface area (Å²) >= 11 is 6.12. The highest BCUT2D eigenvalue weighted by Gasteiger charge is 2.34. The topological polar surface area (TPSA) is 66.5 Å². The van der Waals surface area contributed by atoms with Crippen LogP contribution in [0.5, 0.6) is 0 Å². The van der Waals surface area contributed by atoms with Crippen molar-refractivity contribution >= 4 is 38.8 Å². The van der Waals surface area contributed by atoms with Crippen LogP contribution in [0, 0.1) is 0 Å². The number of halogens is 1. The summed E-state index contributed by atoms with van der Waals surface area (Å²) in [5, 5.41) is 0.514. The number of hydrogen-bond acceptors (Lipinski definition) is 3. The number of amides is 1. The molecule has 1 heterocycles. The summed E-state index contributed by atoms with van der Waals surface area (Å²) < 4.78 is 28.3. The van der Waals surface area contributed by atoms with Crippen LogP contribution in [-0.4, -0.2) is 21.4 Å². The molecule has 2 aliphatic rings. The third-order valence-corrected chi connectivity index (χ3v) is 7.17. The SMILES string of the molecule is CN1C(=O)C(=C2CCCC2)c2cc(S(=O)(=O)NCc3ccccc3Cl)ccc21. The van der Waals surface area contributed by atoms with Crippen LogP contribution in [0.3, 0.4) is 0 Å². The average molecular weight is 417 g/mol. The Morgan fingerprint density at radius 3 is 2.54 bits per heavy atom. The third kappa shape index (κ3) is 3.36. The van der Waals surface area contributed by atoms with E-state index >= 15 is 0 Å². The summed E-state index contributed by atoms with van der Waals surface area (Å²) in [5.74, 6) is -0.0505. The fourth-order valence-electron chi connectivity index (χ4n) is 3.86. The van der Waals surface area contributed by atoms with E-state index in [1.54, 1.807) is 48.3 Å². The number of carbonyl (C=O) groups is 1. The van der Waals surface area contributed by atoms with Gasteiger partial charge in [0.05, 0.1) is 10.6 Å². The lowest BCUT2D eigenvalue weighted by molar-refractivity contribution is -0.112. The molecule has 1 saturated carbocycles. The molecule has 1 amide bonds. The second-order valence-corrected chi connectivity index (χ2v) is 9.32. The molecule has 7 heteroatoms. The van der Waals surface area contributed by atoms with Gasteiger partial charge in [-0.2, -0.15) is 0 Å². The van der Waals surface area contributed by atoms with Crippen molar-refractivity contribution in [1.82, 2.24) is 4.72 Å². The molecule has 0 radical (unpaired) electrons. The Bertz CT molecular complexity index is 1080. The quantitative estimate of drug-likeness (QED) is 0.762. The van der Waals surface area contributed by atoms with Crippen molar-refractivity contribution in [3.8, 4) is 0 Å². The Morgan fingerprint density at radius 2 is 1.82 bits per heavy atom. The van der Waals surface area contributed by atoms with Gasteiger partial charge < -0.3 is 4.90 Å². The molecule has 2 aromatic rings. The van der Waals surface area contributed by atoms with Gasteiger partial charge >= 0.3 is 0 Å². The summed E-state index contributed by atoms with van der Waals surface area (Å²) in [7, 11) is -2.01. The van der Waals surface area contributed by atoms with Gasteiger partial charge in [0.15, 0.2) is 0 Å². The molecule has 0 aromatic heterocycles. The lowest BCUT2D eigenvalue weighted by Gasteiger charge is -2.11. The molecule has 2 aromatic carbocycles. The number of nitrogens with zero attached hydrogens (tertiary/aromatic N) is 1. The maximum absolute atomic E-state index is 12.8. The molecule has 1 aliphatic heterocycles. The van der Waals surface area contributed by atoms with E-state index in [4.69, 9.17) is 11.6 Å². The smallest absolute Gasteiger partial charge is 0.258 e. The minimum atomic E-state index is -3.74. The average Bonchev–Trinajstić information content (AvgIpc) is 3.28. The van der Waals surface area contributed by atoms with E-state index in [-0.39, 0.29) is 17.3 Å². The van der Waals surface area contributed by atoms with E-state index in [2.05, 4.69) is 4.72 Å². The Balaban J connectivity index is 1.68. The predicted molar refractivity (Wildman–Crippen MR) is 111 cm³/mol. The number of hydrogen-bond donors (Lipinski definition) is 1. The van der Waals surface area contributed by atoms with Crippen molar-refractivity contribution in [3.63, 3.8) is 0 Å². The van der Waals surface area contributed by atoms with E-state index in [1.165, 1.54) is 0 Å². The molecular weight excluding hydrogens is 396 g/mol. The molecule has 0 atom stereocenters. The largest absolute Gasteiger partial charge is 0.311 e. The number of anilines is 1. The van der Waals surface area contributed by atoms with Gasteiger partial charge in [0.1, 0.15) is 0 Å². The van der Waals surface area contributed by atoms with E-state index < -0.39 is 10.0 Å². The molecule has 1 aliphatic carbocycles. The van der Waals surface area contributed by atoms with Gasteiger partial charge in [0.2, 0.25) is 10.0 Å². The summed E-state index contributed by atoms with van der Waals surface area (Å²) in [5.41, 5.74) is 3.99. The Labute approximate surface area is 170 Å². The first-order valence-electron chi connectivity index (χ1n) is 9.26. The highest BCUT2D eigenvalue weighted by Crippen LogP contribution is 2.42. The zero-order chi connectivity index (χ0) is 19.9. The van der Waals surface area contributed by atoms with Gasteiger partial charge in [-0.25, -0.2) is 13.1 Å². The minimum Gasteiger partial charge on any atom is -0.311 e. The second kappa shape index (κ2) is 7.35. The summed E-state index contributed by atoms with van der Waals surface area (Å²) in [6, 6.07) is 12.0. The van der Waals surface area contributed by atoms with Crippen molar-refractivity contribution < 1.29 is 13.2 Å². The molecule has 4 rings (SSSR count). The van der Waals surface area contributed by atoms with Gasteiger partial charge in [-0.3, -0.25) is 4.79 Å². The monoisotopic (exact) mass is 416 g/mol. The zero-order valence-corrected chi connectivity index (χ0v) is 17.1. The molecule has 146 valence electrons. The molecule has 0 unspecified atom stereocenters. The van der Waals surface area contributed by atoms with Crippen LogP contribution >= 0.6 is 11.6 Å². The maximum Gasteiger partial charge on any atom is 0.258 e. The standard InChI is InChI=1S/C21H21ClN2O3S/c1-24-19-11-10-16(12-17(19)20(21(24)25)14-6-2-3-7-14)28(26,27)23-13-15-8-4-5-9-18(15)22/h4-5,8-12,23H,2-3,6-7,13H2,1H3. The number of carbonyl (C=O) groups excluding carboxylic acids is 1. The Hall–Kier alpha value is -2.15. The fourth-order valence-corrected chi connectivity index (χ4v) is 5.09. The van der Waals surface area contributed by atoms with Crippen LogP contribution in [0.25, 0.3) is 5.57 Å². The number of likely N-dealkylation sites (N-methyl/N-ethyl adjacent to an activating group) is 1. The number of allylic oxidation sites excluding steroid dienone is 1. The molecular formula is C21H21ClN2O3S. The molecule has 5 nitrogen and oxygen atoms in total. The lowest BCUT2D eigenvalue weighted by Crippen LogP contribution is -2.23. The molecule has 1 N–H and O–H groups in total. The highest BCUT2D eigenvalue weighted by atomic mass is 35.5. The van der Waals surface area contributed by atoms with Crippen molar-refractivity contribution in [1.29, 1.82) is 0 Å². The van der Waals surface area contributed by atoms with E-state index in [0.717, 1.165) is 36.9 Å². The molecule has 28 heavy (non-hydrogen) atoms. The van der Waals surface area contributed by atoms with Crippen LogP contribution in [0.1, 0.15) is 36.8 Å². The number of fused-ring (bicyclic) bond motifs is 1. The first-order chi connectivity index (χ1) is 13.4. The summed E-state index contributed by atoms with van der Waals surface area (Å²) in [6.45, 7) is 0.103. The third-order valence-electron chi connectivity index (χ3n) is 5.40. The van der Waals surface area contributed by atoms with Gasteiger partial charge in [0.25, 0.3) is 5.91 Å². The molecule has 1 fully saturated rings. The fraction of sp³-hybridized carbons (Fsp3) is 0.286. The van der Waals surface area contributed by atoms with Crippen molar-refractivity contribution in [3.05, 3.63) is 64.2 Å². The summed E-state index contributed by atoms with van der Waals surface area (Å²) in [6.07, 6.45) is 3.94. The number of sulfonamides is 1. The normalized spacial score (nSPS) is 16.8. The van der Waals surface area contributed by atoms with Gasteiger partial charge in [0, 0.05) is 29.8 Å². The van der Waals surface area contributed by atoms with Crippen LogP contribution in [-0.2, 0) is 21.4 Å². The van der Waals surface area contributed by atoms with E-state index in [9.17, 15) is 13.2 Å². The lowest BCUT2D eigenvalue weighted by atomic mass is 10.00. The molecule has 0 saturated heterocycles. The first-order valence-corrected chi connectivity index (χ1v) is 11.1. The highest BCUT2D eigenvalue weighted by molar-refractivity contribution is 7.89. The number of benzene rings is 2. The van der Waals surface area contributed by atoms with Gasteiger partial charge in [-0.05, 0) is 55.5 Å². The van der Waals surface area contributed by atoms with Crippen molar-refractivity contribution in [2.24, 2.45) is 0 Å². The Kier molecular flexibility index (Phi) is 5.04. The minimum absolute atomic E-state index is 0.0505. The second-order valence-electron chi connectivity index (χ2n) is 7.14. The maximum atomic E-state index is 12.8. The molecule has 0 bridgehead atoms. The van der Waals surface area contributed by atoms with Gasteiger partial charge in [-0.1, -0.05) is 35.4 Å². The van der Waals surface area contributed by atoms with E-state index in [1.807, 2.05) is 6.07 Å². The van der Waals surface area contributed by atoms with Crippen LogP contribution < -0.4 is 9.62 Å². The molecule has 0 spiro atoms. The van der Waals surface area contributed by atoms with Crippen LogP contribution in [0.15, 0.2) is 52.9 Å². The number of nitrogens with one attached hydrogen (secondary N) is 1. The van der Waals surface area contributed by atoms with Crippen molar-refractivity contribution in [2.45, 2.75) is 37.1 Å². The van der Waals surface area contributed by atoms with Crippen molar-refractivity contribution in [2.75, 3.05) is 11.9 Å². The van der Waals surface area contributed by atoms with E-state index in [0.29, 0.717) is 21.7 Å². The van der Waals surface area contributed by atoms with Crippen LogP contribution in [0.4, 0.5) is 5.69 Å². The summed E-state index contributed by atoms with van der Waals surface area (Å²) in [4.78, 5) is 14.5. The Morgan fingerprint density at radius 1 is 1.11 bits per heavy atom. The zero-order valence-electron chi connectivity index (χ0n) is 15.5. The van der Waals surface area contributed by atoms with Gasteiger partial charge in [-0.15, -0.1) is 0 Å². The number of rotatable bonds is 4. The first kappa shape index (κ1) is 19.2. The van der Waals surface area contributed by atoms with Crippen LogP contribution in [0.2, 0.25) is 5.02 Å². The predicted octanol–water partition coefficient (Wildman–Crippen LogP) is 4.12.